The van der Waals surface area contributed by atoms with Crippen LogP contribution < -0.4 is 0 Å². The van der Waals surface area contributed by atoms with E-state index in [1.54, 1.807) is 6.07 Å². The van der Waals surface area contributed by atoms with Crippen molar-refractivity contribution >= 4 is 37.6 Å². The molecule has 5 heteroatoms. The van der Waals surface area contributed by atoms with E-state index in [9.17, 15) is 13.6 Å². The van der Waals surface area contributed by atoms with Crippen molar-refractivity contribution < 1.29 is 13.6 Å². The first-order chi connectivity index (χ1) is 9.38. The standard InChI is InChI=1S/C15H10Br2F2O/c1-8-4-13(17)11(7-12(8)16)15(20)5-9-2-3-10(18)6-14(9)19/h2-4,6-7H,5H2,1H3. The molecule has 0 N–H and O–H groups in total. The first kappa shape index (κ1) is 15.3. The van der Waals surface area contributed by atoms with Crippen molar-refractivity contribution in [1.29, 1.82) is 0 Å². The quantitative estimate of drug-likeness (QED) is 0.641. The minimum Gasteiger partial charge on any atom is -0.294 e. The summed E-state index contributed by atoms with van der Waals surface area (Å²) in [6, 6.07) is 6.73. The third-order valence-electron chi connectivity index (χ3n) is 2.91. The lowest BCUT2D eigenvalue weighted by atomic mass is 10.0. The van der Waals surface area contributed by atoms with Crippen molar-refractivity contribution in [2.45, 2.75) is 13.3 Å². The molecule has 2 aromatic carbocycles. The van der Waals surface area contributed by atoms with Gasteiger partial charge in [-0.25, -0.2) is 8.78 Å². The molecule has 0 saturated carbocycles. The molecule has 0 unspecified atom stereocenters. The van der Waals surface area contributed by atoms with Crippen LogP contribution in [0.15, 0.2) is 39.3 Å². The minimum atomic E-state index is -0.708. The molecule has 104 valence electrons. The van der Waals surface area contributed by atoms with Crippen molar-refractivity contribution in [3.63, 3.8) is 0 Å². The lowest BCUT2D eigenvalue weighted by Crippen LogP contribution is -2.07. The maximum atomic E-state index is 13.6. The number of carbonyl (C=O) groups is 1. The largest absolute Gasteiger partial charge is 0.294 e. The Morgan fingerprint density at radius 1 is 1.10 bits per heavy atom. The second kappa shape index (κ2) is 6.14. The van der Waals surface area contributed by atoms with E-state index in [0.29, 0.717) is 10.0 Å². The molecule has 0 radical (unpaired) electrons. The fourth-order valence-electron chi connectivity index (χ4n) is 1.79. The average molecular weight is 404 g/mol. The molecule has 0 bridgehead atoms. The summed E-state index contributed by atoms with van der Waals surface area (Å²) in [5.74, 6) is -1.60. The zero-order chi connectivity index (χ0) is 14.9. The molecule has 0 heterocycles. The predicted molar refractivity (Wildman–Crippen MR) is 81.0 cm³/mol. The first-order valence-corrected chi connectivity index (χ1v) is 7.40. The maximum Gasteiger partial charge on any atom is 0.168 e. The summed E-state index contributed by atoms with van der Waals surface area (Å²) in [4.78, 5) is 12.2. The second-order valence-corrected chi connectivity index (χ2v) is 6.13. The van der Waals surface area contributed by atoms with Crippen molar-refractivity contribution in [2.75, 3.05) is 0 Å². The normalized spacial score (nSPS) is 10.7. The third-order valence-corrected chi connectivity index (χ3v) is 4.43. The summed E-state index contributed by atoms with van der Waals surface area (Å²) in [6.07, 6.45) is -0.111. The molecule has 0 atom stereocenters. The van der Waals surface area contributed by atoms with Gasteiger partial charge in [-0.05, 0) is 36.2 Å². The predicted octanol–water partition coefficient (Wildman–Crippen LogP) is 5.22. The second-order valence-electron chi connectivity index (χ2n) is 4.42. The van der Waals surface area contributed by atoms with E-state index >= 15 is 0 Å². The van der Waals surface area contributed by atoms with Gasteiger partial charge in [-0.15, -0.1) is 0 Å². The summed E-state index contributed by atoms with van der Waals surface area (Å²) >= 11 is 6.69. The number of ketones is 1. The van der Waals surface area contributed by atoms with E-state index in [0.717, 1.165) is 22.2 Å². The molecule has 20 heavy (non-hydrogen) atoms. The van der Waals surface area contributed by atoms with Crippen LogP contribution in [0.2, 0.25) is 0 Å². The van der Waals surface area contributed by atoms with Crippen LogP contribution >= 0.6 is 31.9 Å². The van der Waals surface area contributed by atoms with E-state index in [1.165, 1.54) is 6.07 Å². The lowest BCUT2D eigenvalue weighted by molar-refractivity contribution is 0.0991. The van der Waals surface area contributed by atoms with Gasteiger partial charge in [0.05, 0.1) is 0 Å². The Balaban J connectivity index is 2.31. The van der Waals surface area contributed by atoms with E-state index in [2.05, 4.69) is 31.9 Å². The third kappa shape index (κ3) is 3.33. The molecule has 0 amide bonds. The fourth-order valence-corrected chi connectivity index (χ4v) is 2.82. The molecule has 1 nitrogen and oxygen atoms in total. The van der Waals surface area contributed by atoms with E-state index in [4.69, 9.17) is 0 Å². The molecule has 2 aromatic rings. The smallest absolute Gasteiger partial charge is 0.168 e. The number of hydrogen-bond donors (Lipinski definition) is 0. The molecule has 0 saturated heterocycles. The summed E-state index contributed by atoms with van der Waals surface area (Å²) in [5.41, 5.74) is 1.63. The van der Waals surface area contributed by atoms with E-state index in [-0.39, 0.29) is 17.8 Å². The van der Waals surface area contributed by atoms with Crippen molar-refractivity contribution in [2.24, 2.45) is 0 Å². The highest BCUT2D eigenvalue weighted by molar-refractivity contribution is 9.11. The van der Waals surface area contributed by atoms with Crippen molar-refractivity contribution in [3.8, 4) is 0 Å². The molecule has 0 aliphatic carbocycles. The van der Waals surface area contributed by atoms with Gasteiger partial charge in [-0.1, -0.05) is 37.9 Å². The Hall–Kier alpha value is -1.07. The average Bonchev–Trinajstić information content (AvgIpc) is 2.37. The molecular formula is C15H10Br2F2O. The Morgan fingerprint density at radius 2 is 1.80 bits per heavy atom. The lowest BCUT2D eigenvalue weighted by Gasteiger charge is -2.08. The van der Waals surface area contributed by atoms with Crippen LogP contribution in [0.3, 0.4) is 0 Å². The van der Waals surface area contributed by atoms with Crippen LogP contribution in [0, 0.1) is 18.6 Å². The summed E-state index contributed by atoms with van der Waals surface area (Å²) < 4.78 is 27.9. The van der Waals surface area contributed by atoms with Crippen molar-refractivity contribution in [1.82, 2.24) is 0 Å². The van der Waals surface area contributed by atoms with Gasteiger partial charge < -0.3 is 0 Å². The molecule has 0 fully saturated rings. The van der Waals surface area contributed by atoms with Gasteiger partial charge in [0.15, 0.2) is 5.78 Å². The maximum absolute atomic E-state index is 13.6. The number of halogens is 4. The van der Waals surface area contributed by atoms with Crippen LogP contribution in [-0.4, -0.2) is 5.78 Å². The van der Waals surface area contributed by atoms with Gasteiger partial charge >= 0.3 is 0 Å². The molecular weight excluding hydrogens is 394 g/mol. The van der Waals surface area contributed by atoms with Gasteiger partial charge in [-0.3, -0.25) is 4.79 Å². The Bertz CT molecular complexity index is 684. The topological polar surface area (TPSA) is 17.1 Å². The van der Waals surface area contributed by atoms with Gasteiger partial charge in [-0.2, -0.15) is 0 Å². The van der Waals surface area contributed by atoms with Crippen LogP contribution in [0.25, 0.3) is 0 Å². The van der Waals surface area contributed by atoms with E-state index in [1.807, 2.05) is 13.0 Å². The molecule has 0 spiro atoms. The number of benzene rings is 2. The molecule has 0 aliphatic heterocycles. The summed E-state index contributed by atoms with van der Waals surface area (Å²) in [6.45, 7) is 1.91. The number of carbonyl (C=O) groups excluding carboxylic acids is 1. The van der Waals surface area contributed by atoms with Crippen LogP contribution in [-0.2, 0) is 6.42 Å². The molecule has 0 aromatic heterocycles. The van der Waals surface area contributed by atoms with Gasteiger partial charge in [0, 0.05) is 27.0 Å². The summed E-state index contributed by atoms with van der Waals surface area (Å²) in [7, 11) is 0. The SMILES string of the molecule is Cc1cc(Br)c(C(=O)Cc2ccc(F)cc2F)cc1Br. The zero-order valence-electron chi connectivity index (χ0n) is 10.5. The zero-order valence-corrected chi connectivity index (χ0v) is 13.7. The van der Waals surface area contributed by atoms with Gasteiger partial charge in [0.2, 0.25) is 0 Å². The Morgan fingerprint density at radius 3 is 2.45 bits per heavy atom. The van der Waals surface area contributed by atoms with E-state index < -0.39 is 11.6 Å². The number of aryl methyl sites for hydroxylation is 1. The van der Waals surface area contributed by atoms with Crippen LogP contribution in [0.1, 0.15) is 21.5 Å². The fraction of sp³-hybridized carbons (Fsp3) is 0.133. The molecule has 0 aliphatic rings. The first-order valence-electron chi connectivity index (χ1n) is 5.81. The highest BCUT2D eigenvalue weighted by Crippen LogP contribution is 2.27. The Labute approximate surface area is 132 Å². The highest BCUT2D eigenvalue weighted by Gasteiger charge is 2.15. The summed E-state index contributed by atoms with van der Waals surface area (Å²) in [5, 5.41) is 0. The minimum absolute atomic E-state index is 0.111. The molecule has 2 rings (SSSR count). The number of Topliss-reactive ketones (excluding diaryl/α,β-unsaturated/α-hetero) is 1. The van der Waals surface area contributed by atoms with Crippen LogP contribution in [0.4, 0.5) is 8.78 Å². The van der Waals surface area contributed by atoms with Crippen LogP contribution in [0.5, 0.6) is 0 Å². The Kier molecular flexibility index (Phi) is 4.70. The number of rotatable bonds is 3. The van der Waals surface area contributed by atoms with Crippen molar-refractivity contribution in [3.05, 3.63) is 67.6 Å². The van der Waals surface area contributed by atoms with Gasteiger partial charge in [0.25, 0.3) is 0 Å². The highest BCUT2D eigenvalue weighted by atomic mass is 79.9. The monoisotopic (exact) mass is 402 g/mol. The number of hydrogen-bond acceptors (Lipinski definition) is 1. The van der Waals surface area contributed by atoms with Gasteiger partial charge in [0.1, 0.15) is 11.6 Å².